The first-order chi connectivity index (χ1) is 11.5. The van der Waals surface area contributed by atoms with Crippen LogP contribution in [0, 0.1) is 10.9 Å². The first-order valence-electron chi connectivity index (χ1n) is 7.47. The molecule has 124 valence electrons. The van der Waals surface area contributed by atoms with Gasteiger partial charge in [0.25, 0.3) is 0 Å². The Hall–Kier alpha value is -2.25. The maximum absolute atomic E-state index is 10.6. The van der Waals surface area contributed by atoms with Crippen molar-refractivity contribution in [1.82, 2.24) is 4.57 Å². The largest absolute Gasteiger partial charge is 0.493 e. The fourth-order valence-electron chi connectivity index (χ4n) is 2.55. The smallest absolute Gasteiger partial charge is 0.303 e. The van der Waals surface area contributed by atoms with E-state index in [0.717, 1.165) is 22.4 Å². The minimum Gasteiger partial charge on any atom is -0.493 e. The van der Waals surface area contributed by atoms with E-state index in [1.807, 2.05) is 31.2 Å². The number of aliphatic imine (C=N–C) groups is 1. The lowest BCUT2D eigenvalue weighted by Crippen LogP contribution is -2.01. The number of carboxylic acid groups (broad SMARTS) is 1. The van der Waals surface area contributed by atoms with Crippen molar-refractivity contribution in [3.05, 3.63) is 38.2 Å². The van der Waals surface area contributed by atoms with Crippen LogP contribution in [0.25, 0.3) is 11.6 Å². The van der Waals surface area contributed by atoms with Crippen LogP contribution in [0.15, 0.2) is 23.2 Å². The summed E-state index contributed by atoms with van der Waals surface area (Å²) in [6.45, 7) is 2.41. The lowest BCUT2D eigenvalue weighted by molar-refractivity contribution is -0.137. The summed E-state index contributed by atoms with van der Waals surface area (Å²) in [5.74, 6) is -0.774. The van der Waals surface area contributed by atoms with E-state index in [0.29, 0.717) is 21.8 Å². The van der Waals surface area contributed by atoms with Gasteiger partial charge in [0.05, 0.1) is 10.6 Å². The first-order valence-corrected chi connectivity index (χ1v) is 8.69. The van der Waals surface area contributed by atoms with Crippen molar-refractivity contribution in [3.8, 4) is 5.88 Å². The van der Waals surface area contributed by atoms with Gasteiger partial charge in [0.1, 0.15) is 0 Å². The van der Waals surface area contributed by atoms with Crippen LogP contribution in [0.3, 0.4) is 0 Å². The molecule has 1 aromatic heterocycles. The molecule has 3 rings (SSSR count). The molecular formula is C17H16N2O3S2. The average Bonchev–Trinajstić information content (AvgIpc) is 3.02. The molecule has 5 nitrogen and oxygen atoms in total. The highest BCUT2D eigenvalue weighted by molar-refractivity contribution is 7.73. The Balaban J connectivity index is 1.89. The number of carboxylic acids is 1. The van der Waals surface area contributed by atoms with Gasteiger partial charge >= 0.3 is 5.97 Å². The number of carbonyl (C=O) groups is 1. The number of fused-ring (bicyclic) bond motifs is 1. The number of thiazole rings is 1. The molecule has 0 atom stereocenters. The molecule has 0 spiro atoms. The van der Waals surface area contributed by atoms with Gasteiger partial charge in [0.2, 0.25) is 5.88 Å². The summed E-state index contributed by atoms with van der Waals surface area (Å²) in [5.41, 5.74) is 4.02. The predicted molar refractivity (Wildman–Crippen MR) is 98.9 cm³/mol. The number of rotatable bonds is 5. The van der Waals surface area contributed by atoms with Crippen molar-refractivity contribution >= 4 is 53.1 Å². The minimum atomic E-state index is -0.854. The maximum Gasteiger partial charge on any atom is 0.303 e. The quantitative estimate of drug-likeness (QED) is 0.774. The zero-order valence-electron chi connectivity index (χ0n) is 13.0. The number of nitrogens with zero attached hydrogens (tertiary/aromatic N) is 2. The van der Waals surface area contributed by atoms with Crippen LogP contribution in [-0.2, 0) is 11.3 Å². The monoisotopic (exact) mass is 360 g/mol. The second kappa shape index (κ2) is 6.70. The van der Waals surface area contributed by atoms with E-state index in [-0.39, 0.29) is 12.3 Å². The Bertz CT molecular complexity index is 922. The highest BCUT2D eigenvalue weighted by Gasteiger charge is 2.15. The van der Waals surface area contributed by atoms with Crippen molar-refractivity contribution in [3.63, 3.8) is 0 Å². The third-order valence-electron chi connectivity index (χ3n) is 3.76. The summed E-state index contributed by atoms with van der Waals surface area (Å²) in [6.07, 6.45) is 4.12. The summed E-state index contributed by atoms with van der Waals surface area (Å²) in [5, 5.41) is 19.1. The predicted octanol–water partition coefficient (Wildman–Crippen LogP) is 4.41. The molecule has 2 aromatic rings. The van der Waals surface area contributed by atoms with Crippen molar-refractivity contribution in [2.24, 2.45) is 4.99 Å². The normalized spacial score (nSPS) is 14.3. The lowest BCUT2D eigenvalue weighted by Gasteiger charge is -2.03. The Morgan fingerprint density at radius 2 is 2.25 bits per heavy atom. The van der Waals surface area contributed by atoms with Crippen molar-refractivity contribution < 1.29 is 15.0 Å². The highest BCUT2D eigenvalue weighted by atomic mass is 32.1. The molecule has 0 bridgehead atoms. The number of benzene rings is 1. The van der Waals surface area contributed by atoms with Gasteiger partial charge in [0, 0.05) is 30.3 Å². The highest BCUT2D eigenvalue weighted by Crippen LogP contribution is 2.36. The van der Waals surface area contributed by atoms with Crippen LogP contribution in [0.2, 0.25) is 0 Å². The van der Waals surface area contributed by atoms with E-state index in [2.05, 4.69) is 4.99 Å². The molecule has 24 heavy (non-hydrogen) atoms. The molecule has 0 radical (unpaired) electrons. The number of allylic oxidation sites excluding steroid dienone is 1. The van der Waals surface area contributed by atoms with Crippen molar-refractivity contribution in [2.45, 2.75) is 26.3 Å². The van der Waals surface area contributed by atoms with Crippen LogP contribution >= 0.6 is 23.6 Å². The van der Waals surface area contributed by atoms with Crippen LogP contribution in [-0.4, -0.2) is 27.0 Å². The molecule has 7 heteroatoms. The van der Waals surface area contributed by atoms with Crippen LogP contribution in [0.1, 0.15) is 28.8 Å². The zero-order valence-corrected chi connectivity index (χ0v) is 14.7. The van der Waals surface area contributed by atoms with E-state index in [1.54, 1.807) is 10.8 Å². The van der Waals surface area contributed by atoms with Crippen molar-refractivity contribution in [2.75, 3.05) is 0 Å². The third-order valence-corrected chi connectivity index (χ3v) is 5.15. The van der Waals surface area contributed by atoms with Crippen LogP contribution in [0.5, 0.6) is 5.88 Å². The van der Waals surface area contributed by atoms with Gasteiger partial charge in [-0.25, -0.2) is 0 Å². The number of aromatic hydroxyl groups is 1. The molecule has 0 saturated carbocycles. The Morgan fingerprint density at radius 3 is 3.00 bits per heavy atom. The Labute approximate surface area is 148 Å². The molecule has 1 aliphatic rings. The van der Waals surface area contributed by atoms with E-state index in [9.17, 15) is 9.90 Å². The second-order valence-corrected chi connectivity index (χ2v) is 7.26. The molecule has 0 unspecified atom stereocenters. The third kappa shape index (κ3) is 3.32. The van der Waals surface area contributed by atoms with Gasteiger partial charge in [-0.3, -0.25) is 14.4 Å². The molecule has 2 N–H and O–H groups in total. The lowest BCUT2D eigenvalue weighted by atomic mass is 10.0. The van der Waals surface area contributed by atoms with E-state index in [1.165, 1.54) is 11.3 Å². The number of aliphatic carboxylic acids is 1. The fourth-order valence-corrected chi connectivity index (χ4v) is 3.86. The SMILES string of the molecule is Cc1ccc2c(c1)N=CC2=Cc1sc(=S)n(CCCC(=O)O)c1O. The summed E-state index contributed by atoms with van der Waals surface area (Å²) >= 11 is 6.59. The van der Waals surface area contributed by atoms with Crippen LogP contribution < -0.4 is 0 Å². The van der Waals surface area contributed by atoms with E-state index >= 15 is 0 Å². The topological polar surface area (TPSA) is 74.8 Å². The van der Waals surface area contributed by atoms with Gasteiger partial charge < -0.3 is 10.2 Å². The van der Waals surface area contributed by atoms with Gasteiger partial charge in [-0.2, -0.15) is 0 Å². The number of hydrogen-bond donors (Lipinski definition) is 2. The summed E-state index contributed by atoms with van der Waals surface area (Å²) in [6, 6.07) is 6.06. The average molecular weight is 360 g/mol. The molecular weight excluding hydrogens is 344 g/mol. The maximum atomic E-state index is 10.6. The molecule has 0 aliphatic carbocycles. The summed E-state index contributed by atoms with van der Waals surface area (Å²) in [7, 11) is 0. The standard InChI is InChI=1S/C17H16N2O3S2/c1-10-4-5-12-11(9-18-13(12)7-10)8-14-16(22)19(17(23)24-14)6-2-3-15(20)21/h4-5,7-9,22H,2-3,6H2,1H3,(H,20,21). The zero-order chi connectivity index (χ0) is 17.3. The Kier molecular flexibility index (Phi) is 4.64. The minimum absolute atomic E-state index is 0.0485. The van der Waals surface area contributed by atoms with Crippen molar-refractivity contribution in [1.29, 1.82) is 0 Å². The summed E-state index contributed by atoms with van der Waals surface area (Å²) in [4.78, 5) is 15.7. The molecule has 0 amide bonds. The number of hydrogen-bond acceptors (Lipinski definition) is 5. The second-order valence-electron chi connectivity index (χ2n) is 5.58. The summed E-state index contributed by atoms with van der Waals surface area (Å²) < 4.78 is 2.11. The fraction of sp³-hybridized carbons (Fsp3) is 0.235. The van der Waals surface area contributed by atoms with Gasteiger partial charge in [0.15, 0.2) is 3.95 Å². The van der Waals surface area contributed by atoms with Gasteiger partial charge in [-0.05, 0) is 43.3 Å². The van der Waals surface area contributed by atoms with E-state index < -0.39 is 5.97 Å². The first kappa shape index (κ1) is 16.6. The number of aromatic nitrogens is 1. The molecule has 1 aromatic carbocycles. The van der Waals surface area contributed by atoms with Gasteiger partial charge in [-0.15, -0.1) is 11.3 Å². The molecule has 2 heterocycles. The van der Waals surface area contributed by atoms with Gasteiger partial charge in [-0.1, -0.05) is 12.1 Å². The Morgan fingerprint density at radius 1 is 1.46 bits per heavy atom. The number of aryl methyl sites for hydroxylation is 1. The molecule has 1 aliphatic heterocycles. The molecule has 0 saturated heterocycles. The van der Waals surface area contributed by atoms with Crippen LogP contribution in [0.4, 0.5) is 5.69 Å². The molecule has 0 fully saturated rings. The van der Waals surface area contributed by atoms with E-state index in [4.69, 9.17) is 17.3 Å².